The second-order valence-corrected chi connectivity index (χ2v) is 4.60. The van der Waals surface area contributed by atoms with E-state index in [1.54, 1.807) is 13.2 Å². The van der Waals surface area contributed by atoms with Crippen LogP contribution in [0.15, 0.2) is 48.5 Å². The predicted molar refractivity (Wildman–Crippen MR) is 86.3 cm³/mol. The fourth-order valence-electron chi connectivity index (χ4n) is 2.11. The summed E-state index contributed by atoms with van der Waals surface area (Å²) in [7, 11) is 1.60. The standard InChI is InChI=1S/C18H18O4/c1-3-22-16-9-8-15(12-17(16)21-2)14-6-4-5-13(11-14)7-10-18(19)20/h4-12H,3H2,1-2H3,(H,19,20). The maximum absolute atomic E-state index is 10.6. The number of methoxy groups -OCH3 is 1. The van der Waals surface area contributed by atoms with Gasteiger partial charge < -0.3 is 14.6 Å². The molecule has 0 amide bonds. The highest BCUT2D eigenvalue weighted by atomic mass is 16.5. The van der Waals surface area contributed by atoms with Crippen LogP contribution in [0.5, 0.6) is 11.5 Å². The van der Waals surface area contributed by atoms with Crippen molar-refractivity contribution in [2.24, 2.45) is 0 Å². The topological polar surface area (TPSA) is 55.8 Å². The minimum atomic E-state index is -0.965. The Morgan fingerprint density at radius 1 is 1.14 bits per heavy atom. The Labute approximate surface area is 129 Å². The Hall–Kier alpha value is -2.75. The summed E-state index contributed by atoms with van der Waals surface area (Å²) in [5.41, 5.74) is 2.78. The van der Waals surface area contributed by atoms with Gasteiger partial charge >= 0.3 is 5.97 Å². The number of hydrogen-bond acceptors (Lipinski definition) is 3. The average Bonchev–Trinajstić information content (AvgIpc) is 2.54. The Balaban J connectivity index is 2.35. The van der Waals surface area contributed by atoms with Crippen molar-refractivity contribution in [3.05, 3.63) is 54.1 Å². The zero-order valence-electron chi connectivity index (χ0n) is 12.6. The van der Waals surface area contributed by atoms with Gasteiger partial charge in [0.1, 0.15) is 0 Å². The van der Waals surface area contributed by atoms with E-state index in [1.807, 2.05) is 49.4 Å². The third kappa shape index (κ3) is 3.88. The number of benzene rings is 2. The number of hydrogen-bond donors (Lipinski definition) is 1. The minimum absolute atomic E-state index is 0.575. The van der Waals surface area contributed by atoms with E-state index in [0.717, 1.165) is 22.8 Å². The van der Waals surface area contributed by atoms with Crippen molar-refractivity contribution in [2.45, 2.75) is 6.92 Å². The molecule has 0 unspecified atom stereocenters. The van der Waals surface area contributed by atoms with E-state index in [9.17, 15) is 4.79 Å². The number of ether oxygens (including phenoxy) is 2. The first kappa shape index (κ1) is 15.6. The van der Waals surface area contributed by atoms with Crippen molar-refractivity contribution in [3.63, 3.8) is 0 Å². The highest BCUT2D eigenvalue weighted by molar-refractivity contribution is 5.85. The third-order valence-corrected chi connectivity index (χ3v) is 3.10. The molecular weight excluding hydrogens is 280 g/mol. The van der Waals surface area contributed by atoms with Crippen LogP contribution in [0.3, 0.4) is 0 Å². The van der Waals surface area contributed by atoms with Gasteiger partial charge in [0, 0.05) is 6.08 Å². The van der Waals surface area contributed by atoms with Gasteiger partial charge in [-0.05, 0) is 47.9 Å². The molecule has 0 aromatic heterocycles. The Morgan fingerprint density at radius 3 is 2.59 bits per heavy atom. The van der Waals surface area contributed by atoms with E-state index in [2.05, 4.69) is 0 Å². The molecule has 0 bridgehead atoms. The summed E-state index contributed by atoms with van der Waals surface area (Å²) < 4.78 is 10.9. The van der Waals surface area contributed by atoms with Crippen LogP contribution in [0.1, 0.15) is 12.5 Å². The summed E-state index contributed by atoms with van der Waals surface area (Å²) in [5.74, 6) is 0.412. The van der Waals surface area contributed by atoms with Gasteiger partial charge in [-0.2, -0.15) is 0 Å². The lowest BCUT2D eigenvalue weighted by Gasteiger charge is -2.11. The van der Waals surface area contributed by atoms with Crippen molar-refractivity contribution in [1.82, 2.24) is 0 Å². The summed E-state index contributed by atoms with van der Waals surface area (Å²) in [6, 6.07) is 13.4. The number of rotatable bonds is 6. The van der Waals surface area contributed by atoms with Crippen LogP contribution in [0.25, 0.3) is 17.2 Å². The fourth-order valence-corrected chi connectivity index (χ4v) is 2.11. The molecule has 2 aromatic rings. The van der Waals surface area contributed by atoms with Gasteiger partial charge in [0.15, 0.2) is 11.5 Å². The molecule has 0 atom stereocenters. The maximum atomic E-state index is 10.6. The highest BCUT2D eigenvalue weighted by Gasteiger charge is 2.07. The van der Waals surface area contributed by atoms with E-state index in [4.69, 9.17) is 14.6 Å². The summed E-state index contributed by atoms with van der Waals surface area (Å²) in [6.45, 7) is 2.50. The van der Waals surface area contributed by atoms with E-state index in [1.165, 1.54) is 0 Å². The van der Waals surface area contributed by atoms with E-state index in [0.29, 0.717) is 18.1 Å². The molecule has 2 aromatic carbocycles. The largest absolute Gasteiger partial charge is 0.493 e. The first-order valence-electron chi connectivity index (χ1n) is 6.96. The molecule has 0 aliphatic heterocycles. The van der Waals surface area contributed by atoms with Crippen LogP contribution in [0, 0.1) is 0 Å². The van der Waals surface area contributed by atoms with Crippen molar-refractivity contribution in [1.29, 1.82) is 0 Å². The lowest BCUT2D eigenvalue weighted by molar-refractivity contribution is -0.131. The first-order valence-corrected chi connectivity index (χ1v) is 6.96. The smallest absolute Gasteiger partial charge is 0.328 e. The quantitative estimate of drug-likeness (QED) is 0.823. The third-order valence-electron chi connectivity index (χ3n) is 3.10. The summed E-state index contributed by atoms with van der Waals surface area (Å²) in [4.78, 5) is 10.6. The molecule has 114 valence electrons. The van der Waals surface area contributed by atoms with Gasteiger partial charge in [0.2, 0.25) is 0 Å². The lowest BCUT2D eigenvalue weighted by Crippen LogP contribution is -1.95. The maximum Gasteiger partial charge on any atom is 0.328 e. The van der Waals surface area contributed by atoms with Gasteiger partial charge in [0.05, 0.1) is 13.7 Å². The molecule has 1 N–H and O–H groups in total. The minimum Gasteiger partial charge on any atom is -0.493 e. The number of carbonyl (C=O) groups is 1. The fraction of sp³-hybridized carbons (Fsp3) is 0.167. The van der Waals surface area contributed by atoms with Gasteiger partial charge in [0.25, 0.3) is 0 Å². The molecule has 0 saturated carbocycles. The zero-order chi connectivity index (χ0) is 15.9. The molecule has 0 aliphatic carbocycles. The van der Waals surface area contributed by atoms with E-state index in [-0.39, 0.29) is 0 Å². The van der Waals surface area contributed by atoms with Gasteiger partial charge in [-0.15, -0.1) is 0 Å². The molecule has 0 radical (unpaired) electrons. The molecule has 0 spiro atoms. The van der Waals surface area contributed by atoms with Crippen LogP contribution >= 0.6 is 0 Å². The number of aliphatic carboxylic acids is 1. The van der Waals surface area contributed by atoms with Crippen molar-refractivity contribution in [3.8, 4) is 22.6 Å². The number of carboxylic acid groups (broad SMARTS) is 1. The monoisotopic (exact) mass is 298 g/mol. The summed E-state index contributed by atoms with van der Waals surface area (Å²) >= 11 is 0. The van der Waals surface area contributed by atoms with Crippen molar-refractivity contribution >= 4 is 12.0 Å². The summed E-state index contributed by atoms with van der Waals surface area (Å²) in [5, 5.41) is 8.69. The molecule has 0 saturated heterocycles. The molecule has 4 heteroatoms. The molecule has 2 rings (SSSR count). The van der Waals surface area contributed by atoms with Gasteiger partial charge in [-0.25, -0.2) is 4.79 Å². The summed E-state index contributed by atoms with van der Waals surface area (Å²) in [6.07, 6.45) is 2.69. The second-order valence-electron chi connectivity index (χ2n) is 4.60. The number of carboxylic acids is 1. The first-order chi connectivity index (χ1) is 10.6. The van der Waals surface area contributed by atoms with Crippen LogP contribution in [0.4, 0.5) is 0 Å². The average molecular weight is 298 g/mol. The van der Waals surface area contributed by atoms with Gasteiger partial charge in [-0.1, -0.05) is 24.3 Å². The normalized spacial score (nSPS) is 10.6. The molecule has 0 heterocycles. The van der Waals surface area contributed by atoms with Crippen molar-refractivity contribution in [2.75, 3.05) is 13.7 Å². The van der Waals surface area contributed by atoms with Crippen LogP contribution in [-0.4, -0.2) is 24.8 Å². The molecule has 22 heavy (non-hydrogen) atoms. The van der Waals surface area contributed by atoms with E-state index >= 15 is 0 Å². The Morgan fingerprint density at radius 2 is 1.91 bits per heavy atom. The van der Waals surface area contributed by atoms with Crippen molar-refractivity contribution < 1.29 is 19.4 Å². The van der Waals surface area contributed by atoms with Crippen LogP contribution in [-0.2, 0) is 4.79 Å². The Bertz CT molecular complexity index is 689. The molecule has 0 fully saturated rings. The lowest BCUT2D eigenvalue weighted by atomic mass is 10.0. The molecule has 4 nitrogen and oxygen atoms in total. The SMILES string of the molecule is CCOc1ccc(-c2cccc(C=CC(=O)O)c2)cc1OC. The van der Waals surface area contributed by atoms with E-state index < -0.39 is 5.97 Å². The Kier molecular flexibility index (Phi) is 5.20. The molecular formula is C18H18O4. The van der Waals surface area contributed by atoms with Crippen LogP contribution in [0.2, 0.25) is 0 Å². The zero-order valence-corrected chi connectivity index (χ0v) is 12.6. The predicted octanol–water partition coefficient (Wildman–Crippen LogP) is 3.86. The second kappa shape index (κ2) is 7.31. The van der Waals surface area contributed by atoms with Crippen LogP contribution < -0.4 is 9.47 Å². The highest BCUT2D eigenvalue weighted by Crippen LogP contribution is 2.32. The van der Waals surface area contributed by atoms with Gasteiger partial charge in [-0.3, -0.25) is 0 Å². The molecule has 0 aliphatic rings.